The molecular weight excluding hydrogens is 216 g/mol. The first-order chi connectivity index (χ1) is 7.56. The SMILES string of the molecule is C=C/C=C\C(C)=C(/Cl)c1cc(C)ccc1C. The standard InChI is InChI=1S/C15H17Cl/c1-5-6-7-13(4)15(16)14-10-11(2)8-9-12(14)3/h5-10H,1H2,2-4H3/b7-6-,15-13-. The predicted octanol–water partition coefficient (Wildman–Crippen LogP) is 5.02. The highest BCUT2D eigenvalue weighted by atomic mass is 35.5. The fraction of sp³-hybridized carbons (Fsp3) is 0.200. The first kappa shape index (κ1) is 12.8. The Morgan fingerprint density at radius 3 is 2.62 bits per heavy atom. The Labute approximate surface area is 103 Å². The van der Waals surface area contributed by atoms with Crippen molar-refractivity contribution >= 4 is 16.6 Å². The molecular formula is C15H17Cl. The van der Waals surface area contributed by atoms with Gasteiger partial charge in [-0.25, -0.2) is 0 Å². The van der Waals surface area contributed by atoms with E-state index >= 15 is 0 Å². The average molecular weight is 233 g/mol. The number of rotatable bonds is 3. The molecule has 0 saturated heterocycles. The molecule has 0 nitrogen and oxygen atoms in total. The van der Waals surface area contributed by atoms with Gasteiger partial charge < -0.3 is 0 Å². The average Bonchev–Trinajstić information content (AvgIpc) is 2.28. The van der Waals surface area contributed by atoms with Gasteiger partial charge in [0.25, 0.3) is 0 Å². The Bertz CT molecular complexity index is 451. The third-order valence-corrected chi connectivity index (χ3v) is 2.96. The molecule has 0 unspecified atom stereocenters. The van der Waals surface area contributed by atoms with Crippen molar-refractivity contribution in [2.24, 2.45) is 0 Å². The maximum Gasteiger partial charge on any atom is 0.0510 e. The van der Waals surface area contributed by atoms with Gasteiger partial charge in [-0.1, -0.05) is 60.2 Å². The third kappa shape index (κ3) is 3.11. The number of benzene rings is 1. The number of hydrogen-bond acceptors (Lipinski definition) is 0. The molecule has 0 spiro atoms. The molecule has 1 rings (SSSR count). The van der Waals surface area contributed by atoms with Gasteiger partial charge in [-0.15, -0.1) is 0 Å². The molecule has 1 aromatic rings. The first-order valence-corrected chi connectivity index (χ1v) is 5.67. The highest BCUT2D eigenvalue weighted by Crippen LogP contribution is 2.27. The van der Waals surface area contributed by atoms with Crippen LogP contribution in [-0.4, -0.2) is 0 Å². The molecule has 0 aliphatic carbocycles. The Kier molecular flexibility index (Phi) is 4.57. The van der Waals surface area contributed by atoms with Crippen molar-refractivity contribution in [3.8, 4) is 0 Å². The van der Waals surface area contributed by atoms with E-state index in [1.165, 1.54) is 11.1 Å². The van der Waals surface area contributed by atoms with Crippen molar-refractivity contribution < 1.29 is 0 Å². The van der Waals surface area contributed by atoms with E-state index in [-0.39, 0.29) is 0 Å². The van der Waals surface area contributed by atoms with Gasteiger partial charge in [-0.2, -0.15) is 0 Å². The molecule has 0 saturated carbocycles. The molecule has 0 aromatic heterocycles. The summed E-state index contributed by atoms with van der Waals surface area (Å²) in [5.74, 6) is 0. The minimum atomic E-state index is 0.805. The Morgan fingerprint density at radius 2 is 2.00 bits per heavy atom. The van der Waals surface area contributed by atoms with Gasteiger partial charge in [0.15, 0.2) is 0 Å². The van der Waals surface area contributed by atoms with Crippen LogP contribution in [0.15, 0.2) is 48.6 Å². The van der Waals surface area contributed by atoms with Crippen molar-refractivity contribution in [1.82, 2.24) is 0 Å². The maximum absolute atomic E-state index is 6.36. The smallest absolute Gasteiger partial charge is 0.0510 e. The van der Waals surface area contributed by atoms with E-state index in [2.05, 4.69) is 38.6 Å². The fourth-order valence-electron chi connectivity index (χ4n) is 1.47. The first-order valence-electron chi connectivity index (χ1n) is 5.29. The van der Waals surface area contributed by atoms with Crippen molar-refractivity contribution in [2.45, 2.75) is 20.8 Å². The van der Waals surface area contributed by atoms with Crippen molar-refractivity contribution in [2.75, 3.05) is 0 Å². The number of halogens is 1. The zero-order valence-electron chi connectivity index (χ0n) is 10.0. The lowest BCUT2D eigenvalue weighted by molar-refractivity contribution is 1.36. The van der Waals surface area contributed by atoms with E-state index in [0.717, 1.165) is 16.2 Å². The summed E-state index contributed by atoms with van der Waals surface area (Å²) in [6, 6.07) is 6.30. The van der Waals surface area contributed by atoms with Gasteiger partial charge >= 0.3 is 0 Å². The Hall–Kier alpha value is -1.27. The summed E-state index contributed by atoms with van der Waals surface area (Å²) in [5, 5.41) is 0.805. The zero-order valence-corrected chi connectivity index (χ0v) is 10.8. The fourth-order valence-corrected chi connectivity index (χ4v) is 1.74. The summed E-state index contributed by atoms with van der Waals surface area (Å²) >= 11 is 6.36. The quantitative estimate of drug-likeness (QED) is 0.643. The Balaban J connectivity index is 3.22. The zero-order chi connectivity index (χ0) is 12.1. The van der Waals surface area contributed by atoms with E-state index < -0.39 is 0 Å². The monoisotopic (exact) mass is 232 g/mol. The lowest BCUT2D eigenvalue weighted by Gasteiger charge is -2.07. The minimum absolute atomic E-state index is 0.805. The Morgan fingerprint density at radius 1 is 1.31 bits per heavy atom. The van der Waals surface area contributed by atoms with Crippen LogP contribution >= 0.6 is 11.6 Å². The van der Waals surface area contributed by atoms with Crippen LogP contribution in [-0.2, 0) is 0 Å². The lowest BCUT2D eigenvalue weighted by Crippen LogP contribution is -1.87. The van der Waals surface area contributed by atoms with Crippen LogP contribution in [0.3, 0.4) is 0 Å². The van der Waals surface area contributed by atoms with Crippen LogP contribution in [0.1, 0.15) is 23.6 Å². The largest absolute Gasteiger partial charge is 0.0991 e. The van der Waals surface area contributed by atoms with Crippen molar-refractivity contribution in [1.29, 1.82) is 0 Å². The lowest BCUT2D eigenvalue weighted by atomic mass is 10.0. The highest BCUT2D eigenvalue weighted by molar-refractivity contribution is 6.49. The van der Waals surface area contributed by atoms with Crippen LogP contribution in [0.4, 0.5) is 0 Å². The van der Waals surface area contributed by atoms with Crippen LogP contribution in [0.2, 0.25) is 0 Å². The van der Waals surface area contributed by atoms with Gasteiger partial charge in [0, 0.05) is 0 Å². The van der Waals surface area contributed by atoms with Gasteiger partial charge in [-0.3, -0.25) is 0 Å². The van der Waals surface area contributed by atoms with Crippen LogP contribution in [0.5, 0.6) is 0 Å². The van der Waals surface area contributed by atoms with E-state index in [0.29, 0.717) is 0 Å². The number of hydrogen-bond donors (Lipinski definition) is 0. The number of allylic oxidation sites excluding steroid dienone is 4. The van der Waals surface area contributed by atoms with Crippen LogP contribution in [0, 0.1) is 13.8 Å². The summed E-state index contributed by atoms with van der Waals surface area (Å²) in [5.41, 5.74) is 4.57. The summed E-state index contributed by atoms with van der Waals surface area (Å²) in [7, 11) is 0. The van der Waals surface area contributed by atoms with Gasteiger partial charge in [0.1, 0.15) is 0 Å². The maximum atomic E-state index is 6.36. The van der Waals surface area contributed by atoms with Crippen molar-refractivity contribution in [3.63, 3.8) is 0 Å². The molecule has 0 radical (unpaired) electrons. The molecule has 0 heterocycles. The predicted molar refractivity (Wildman–Crippen MR) is 73.7 cm³/mol. The second kappa shape index (κ2) is 5.72. The molecule has 16 heavy (non-hydrogen) atoms. The molecule has 0 aliphatic rings. The topological polar surface area (TPSA) is 0 Å². The molecule has 0 atom stereocenters. The third-order valence-electron chi connectivity index (χ3n) is 2.46. The summed E-state index contributed by atoms with van der Waals surface area (Å²) in [6.07, 6.45) is 5.61. The van der Waals surface area contributed by atoms with Crippen LogP contribution in [0.25, 0.3) is 5.03 Å². The molecule has 1 aromatic carbocycles. The molecule has 1 heteroatoms. The molecule has 0 N–H and O–H groups in total. The molecule has 0 amide bonds. The van der Waals surface area contributed by atoms with Crippen molar-refractivity contribution in [3.05, 3.63) is 65.3 Å². The van der Waals surface area contributed by atoms with Gasteiger partial charge in [0.2, 0.25) is 0 Å². The molecule has 0 aliphatic heterocycles. The summed E-state index contributed by atoms with van der Waals surface area (Å²) in [4.78, 5) is 0. The number of aryl methyl sites for hydroxylation is 2. The van der Waals surface area contributed by atoms with E-state index in [1.54, 1.807) is 6.08 Å². The van der Waals surface area contributed by atoms with E-state index in [9.17, 15) is 0 Å². The highest BCUT2D eigenvalue weighted by Gasteiger charge is 2.04. The van der Waals surface area contributed by atoms with Gasteiger partial charge in [0.05, 0.1) is 5.03 Å². The molecule has 0 bridgehead atoms. The van der Waals surface area contributed by atoms with Crippen LogP contribution < -0.4 is 0 Å². The van der Waals surface area contributed by atoms with Gasteiger partial charge in [-0.05, 0) is 37.5 Å². The van der Waals surface area contributed by atoms with E-state index in [1.807, 2.05) is 19.1 Å². The normalized spacial score (nSPS) is 12.8. The van der Waals surface area contributed by atoms with E-state index in [4.69, 9.17) is 11.6 Å². The molecule has 0 fully saturated rings. The summed E-state index contributed by atoms with van der Waals surface area (Å²) < 4.78 is 0. The second-order valence-electron chi connectivity index (χ2n) is 3.91. The molecule has 84 valence electrons. The summed E-state index contributed by atoms with van der Waals surface area (Å²) in [6.45, 7) is 9.79. The second-order valence-corrected chi connectivity index (χ2v) is 4.29. The minimum Gasteiger partial charge on any atom is -0.0991 e.